The number of hydrogen-bond acceptors (Lipinski definition) is 3. The summed E-state index contributed by atoms with van der Waals surface area (Å²) in [5.74, 6) is 2.13. The molecule has 0 aromatic heterocycles. The van der Waals surface area contributed by atoms with Gasteiger partial charge < -0.3 is 10.6 Å². The van der Waals surface area contributed by atoms with Crippen molar-refractivity contribution in [3.63, 3.8) is 0 Å². The first kappa shape index (κ1) is 22.5. The molecule has 1 heterocycles. The number of aliphatic imine (C=N–C) groups is 1. The molecule has 1 saturated heterocycles. The second-order valence-electron chi connectivity index (χ2n) is 8.99. The Morgan fingerprint density at radius 1 is 1.19 bits per heavy atom. The van der Waals surface area contributed by atoms with E-state index in [2.05, 4.69) is 31.4 Å². The molecule has 1 saturated carbocycles. The summed E-state index contributed by atoms with van der Waals surface area (Å²) in [6.45, 7) is 10.6. The third-order valence-electron chi connectivity index (χ3n) is 6.02. The van der Waals surface area contributed by atoms with Crippen molar-refractivity contribution in [2.75, 3.05) is 39.0 Å². The number of nitrogens with zero attached hydrogens (tertiary/aromatic N) is 2. The van der Waals surface area contributed by atoms with Crippen LogP contribution in [-0.4, -0.2) is 57.7 Å². The van der Waals surface area contributed by atoms with Gasteiger partial charge in [-0.15, -0.1) is 0 Å². The van der Waals surface area contributed by atoms with Crippen molar-refractivity contribution in [2.24, 2.45) is 22.2 Å². The second kappa shape index (κ2) is 10.1. The molecule has 2 fully saturated rings. The molecule has 0 radical (unpaired) electrons. The summed E-state index contributed by atoms with van der Waals surface area (Å²) >= 11 is 0. The predicted octanol–water partition coefficient (Wildman–Crippen LogP) is 2.82. The molecule has 6 nitrogen and oxygen atoms in total. The van der Waals surface area contributed by atoms with Gasteiger partial charge in [0, 0.05) is 32.7 Å². The van der Waals surface area contributed by atoms with E-state index in [1.807, 2.05) is 0 Å². The van der Waals surface area contributed by atoms with Crippen molar-refractivity contribution in [1.29, 1.82) is 0 Å². The number of piperidine rings is 1. The van der Waals surface area contributed by atoms with Gasteiger partial charge in [-0.3, -0.25) is 4.99 Å². The Bertz CT molecular complexity index is 575. The zero-order valence-electron chi connectivity index (χ0n) is 17.8. The Morgan fingerprint density at radius 3 is 2.33 bits per heavy atom. The van der Waals surface area contributed by atoms with Gasteiger partial charge in [-0.25, -0.2) is 12.7 Å². The van der Waals surface area contributed by atoms with Crippen LogP contribution < -0.4 is 10.6 Å². The minimum Gasteiger partial charge on any atom is -0.357 e. The highest BCUT2D eigenvalue weighted by molar-refractivity contribution is 7.88. The lowest BCUT2D eigenvalue weighted by molar-refractivity contribution is 0.245. The summed E-state index contributed by atoms with van der Waals surface area (Å²) in [7, 11) is -3.05. The van der Waals surface area contributed by atoms with Gasteiger partial charge in [-0.2, -0.15) is 0 Å². The summed E-state index contributed by atoms with van der Waals surface area (Å²) in [4.78, 5) is 4.95. The number of guanidine groups is 1. The van der Waals surface area contributed by atoms with Crippen LogP contribution >= 0.6 is 0 Å². The maximum Gasteiger partial charge on any atom is 0.211 e. The van der Waals surface area contributed by atoms with E-state index in [0.29, 0.717) is 30.3 Å². The molecular formula is C20H40N4O2S. The van der Waals surface area contributed by atoms with E-state index in [-0.39, 0.29) is 0 Å². The minimum atomic E-state index is -3.05. The van der Waals surface area contributed by atoms with Gasteiger partial charge in [-0.05, 0) is 56.3 Å². The van der Waals surface area contributed by atoms with E-state index in [9.17, 15) is 8.42 Å². The maximum absolute atomic E-state index is 11.6. The molecule has 1 aliphatic heterocycles. The van der Waals surface area contributed by atoms with Crippen LogP contribution in [0.15, 0.2) is 4.99 Å². The number of sulfonamides is 1. The lowest BCUT2D eigenvalue weighted by atomic mass is 9.78. The van der Waals surface area contributed by atoms with E-state index in [4.69, 9.17) is 4.99 Å². The van der Waals surface area contributed by atoms with Crippen LogP contribution in [0.3, 0.4) is 0 Å². The first-order chi connectivity index (χ1) is 12.7. The maximum atomic E-state index is 11.6. The second-order valence-corrected chi connectivity index (χ2v) is 11.0. The number of nitrogens with one attached hydrogen (secondary N) is 2. The van der Waals surface area contributed by atoms with E-state index >= 15 is 0 Å². The van der Waals surface area contributed by atoms with Crippen molar-refractivity contribution < 1.29 is 8.42 Å². The van der Waals surface area contributed by atoms with Crippen molar-refractivity contribution in [3.8, 4) is 0 Å². The highest BCUT2D eigenvalue weighted by Gasteiger charge is 2.34. The van der Waals surface area contributed by atoms with Crippen LogP contribution in [0.25, 0.3) is 0 Å². The number of rotatable bonds is 8. The Morgan fingerprint density at radius 2 is 1.81 bits per heavy atom. The van der Waals surface area contributed by atoms with Gasteiger partial charge >= 0.3 is 0 Å². The average molecular weight is 401 g/mol. The fraction of sp³-hybridized carbons (Fsp3) is 0.950. The molecule has 0 atom stereocenters. The molecule has 0 amide bonds. The molecule has 2 N–H and O–H groups in total. The zero-order chi connectivity index (χ0) is 19.9. The molecule has 1 aliphatic carbocycles. The van der Waals surface area contributed by atoms with Gasteiger partial charge in [0.15, 0.2) is 5.96 Å². The van der Waals surface area contributed by atoms with E-state index < -0.39 is 10.0 Å². The molecule has 158 valence electrons. The van der Waals surface area contributed by atoms with Crippen molar-refractivity contribution in [2.45, 2.75) is 65.7 Å². The Hall–Kier alpha value is -0.820. The van der Waals surface area contributed by atoms with Gasteiger partial charge in [-0.1, -0.05) is 26.7 Å². The van der Waals surface area contributed by atoms with Crippen molar-refractivity contribution in [1.82, 2.24) is 14.9 Å². The minimum absolute atomic E-state index is 0.386. The van der Waals surface area contributed by atoms with E-state index in [1.54, 1.807) is 4.31 Å². The van der Waals surface area contributed by atoms with Crippen LogP contribution in [0, 0.1) is 17.3 Å². The molecule has 2 rings (SSSR count). The molecule has 2 aliphatic rings. The fourth-order valence-electron chi connectivity index (χ4n) is 4.69. The van der Waals surface area contributed by atoms with Crippen LogP contribution in [-0.2, 0) is 10.0 Å². The van der Waals surface area contributed by atoms with Crippen LogP contribution in [0.5, 0.6) is 0 Å². The molecular weight excluding hydrogens is 360 g/mol. The molecule has 0 unspecified atom stereocenters. The van der Waals surface area contributed by atoms with Gasteiger partial charge in [0.2, 0.25) is 10.0 Å². The summed E-state index contributed by atoms with van der Waals surface area (Å²) in [6.07, 6.45) is 9.68. The molecule has 0 aromatic carbocycles. The van der Waals surface area contributed by atoms with E-state index in [0.717, 1.165) is 38.4 Å². The Kier molecular flexibility index (Phi) is 8.40. The lowest BCUT2D eigenvalue weighted by Gasteiger charge is -2.31. The molecule has 0 bridgehead atoms. The average Bonchev–Trinajstić information content (AvgIpc) is 3.05. The fourth-order valence-corrected chi connectivity index (χ4v) is 5.57. The normalized spacial score (nSPS) is 22.3. The number of hydrogen-bond donors (Lipinski definition) is 2. The third-order valence-corrected chi connectivity index (χ3v) is 7.33. The summed E-state index contributed by atoms with van der Waals surface area (Å²) in [6, 6.07) is 0. The smallest absolute Gasteiger partial charge is 0.211 e. The first-order valence-corrected chi connectivity index (χ1v) is 12.6. The lowest BCUT2D eigenvalue weighted by Crippen LogP contribution is -2.44. The van der Waals surface area contributed by atoms with Crippen LogP contribution in [0.1, 0.15) is 65.7 Å². The monoisotopic (exact) mass is 400 g/mol. The van der Waals surface area contributed by atoms with Gasteiger partial charge in [0.25, 0.3) is 0 Å². The first-order valence-electron chi connectivity index (χ1n) is 10.7. The highest BCUT2D eigenvalue weighted by Crippen LogP contribution is 2.43. The summed E-state index contributed by atoms with van der Waals surface area (Å²) in [5, 5.41) is 6.89. The SMILES string of the molecule is CCNC(=NCC1(CC(C)C)CCCC1)NCC1CCN(S(C)(=O)=O)CC1. The Balaban J connectivity index is 1.87. The Labute approximate surface area is 166 Å². The molecule has 7 heteroatoms. The highest BCUT2D eigenvalue weighted by atomic mass is 32.2. The predicted molar refractivity (Wildman–Crippen MR) is 113 cm³/mol. The quantitative estimate of drug-likeness (QED) is 0.485. The zero-order valence-corrected chi connectivity index (χ0v) is 18.6. The largest absolute Gasteiger partial charge is 0.357 e. The van der Waals surface area contributed by atoms with Crippen molar-refractivity contribution in [3.05, 3.63) is 0 Å². The standard InChI is InChI=1S/C20H40N4O2S/c1-5-21-19(23-16-20(14-17(2)3)10-6-7-11-20)22-15-18-8-12-24(13-9-18)27(4,25)26/h17-18H,5-16H2,1-4H3,(H2,21,22,23). The van der Waals surface area contributed by atoms with Crippen LogP contribution in [0.2, 0.25) is 0 Å². The molecule has 0 spiro atoms. The van der Waals surface area contributed by atoms with Crippen LogP contribution in [0.4, 0.5) is 0 Å². The topological polar surface area (TPSA) is 73.8 Å². The van der Waals surface area contributed by atoms with E-state index in [1.165, 1.54) is 38.4 Å². The summed E-state index contributed by atoms with van der Waals surface area (Å²) < 4.78 is 24.9. The molecule has 27 heavy (non-hydrogen) atoms. The van der Waals surface area contributed by atoms with Crippen molar-refractivity contribution >= 4 is 16.0 Å². The molecule has 0 aromatic rings. The third kappa shape index (κ3) is 7.26. The summed E-state index contributed by atoms with van der Waals surface area (Å²) in [5.41, 5.74) is 0.386. The van der Waals surface area contributed by atoms with Gasteiger partial charge in [0.05, 0.1) is 6.26 Å². The van der Waals surface area contributed by atoms with Gasteiger partial charge in [0.1, 0.15) is 0 Å².